The van der Waals surface area contributed by atoms with Crippen LogP contribution in [-0.4, -0.2) is 54.9 Å². The Bertz CT molecular complexity index is 808. The Balaban J connectivity index is 1.56. The molecule has 2 aromatic rings. The summed E-state index contributed by atoms with van der Waals surface area (Å²) in [5.74, 6) is 0.991. The first-order valence-electron chi connectivity index (χ1n) is 9.67. The zero-order valence-corrected chi connectivity index (χ0v) is 16.9. The molecule has 0 spiro atoms. The zero-order valence-electron chi connectivity index (χ0n) is 16.9. The number of ether oxygens (including phenoxy) is 1. The molecule has 3 rings (SSSR count). The predicted molar refractivity (Wildman–Crippen MR) is 109 cm³/mol. The lowest BCUT2D eigenvalue weighted by Gasteiger charge is -2.39. The predicted octanol–water partition coefficient (Wildman–Crippen LogP) is 2.89. The molecule has 2 amide bonds. The van der Waals surface area contributed by atoms with Crippen LogP contribution in [0.25, 0.3) is 0 Å². The van der Waals surface area contributed by atoms with Gasteiger partial charge in [-0.05, 0) is 37.1 Å². The van der Waals surface area contributed by atoms with Crippen molar-refractivity contribution < 1.29 is 14.3 Å². The summed E-state index contributed by atoms with van der Waals surface area (Å²) in [4.78, 5) is 29.4. The van der Waals surface area contributed by atoms with Gasteiger partial charge in [-0.3, -0.25) is 9.59 Å². The second-order valence-electron chi connectivity index (χ2n) is 7.69. The van der Waals surface area contributed by atoms with E-state index >= 15 is 0 Å². The molecule has 0 aromatic heterocycles. The Kier molecular flexibility index (Phi) is 6.02. The van der Waals surface area contributed by atoms with E-state index in [1.54, 1.807) is 7.11 Å². The summed E-state index contributed by atoms with van der Waals surface area (Å²) in [6.07, 6.45) is 0.369. The van der Waals surface area contributed by atoms with E-state index in [4.69, 9.17) is 4.74 Å². The van der Waals surface area contributed by atoms with E-state index in [1.807, 2.05) is 78.2 Å². The fourth-order valence-electron chi connectivity index (χ4n) is 3.56. The minimum absolute atomic E-state index is 0.0968. The first-order valence-corrected chi connectivity index (χ1v) is 9.67. The van der Waals surface area contributed by atoms with Gasteiger partial charge in [-0.2, -0.15) is 0 Å². The topological polar surface area (TPSA) is 49.9 Å². The number of carbonyl (C=O) groups excluding carboxylic acids is 2. The molecule has 0 unspecified atom stereocenters. The van der Waals surface area contributed by atoms with Crippen LogP contribution < -0.4 is 4.74 Å². The minimum Gasteiger partial charge on any atom is -0.497 e. The van der Waals surface area contributed by atoms with Crippen LogP contribution >= 0.6 is 0 Å². The van der Waals surface area contributed by atoms with Crippen molar-refractivity contribution in [2.75, 3.05) is 33.3 Å². The van der Waals surface area contributed by atoms with Gasteiger partial charge in [-0.25, -0.2) is 0 Å². The average molecular weight is 380 g/mol. The molecule has 1 aliphatic heterocycles. The van der Waals surface area contributed by atoms with Gasteiger partial charge in [0.1, 0.15) is 5.75 Å². The average Bonchev–Trinajstić information content (AvgIpc) is 2.74. The van der Waals surface area contributed by atoms with E-state index in [9.17, 15) is 9.59 Å². The molecule has 5 nitrogen and oxygen atoms in total. The maximum Gasteiger partial charge on any atom is 0.232 e. The van der Waals surface area contributed by atoms with Crippen molar-refractivity contribution in [3.05, 3.63) is 65.7 Å². The quantitative estimate of drug-likeness (QED) is 0.801. The normalized spacial score (nSPS) is 14.7. The van der Waals surface area contributed by atoms with Crippen molar-refractivity contribution >= 4 is 11.8 Å². The van der Waals surface area contributed by atoms with Crippen molar-refractivity contribution in [2.45, 2.75) is 25.7 Å². The smallest absolute Gasteiger partial charge is 0.232 e. The lowest BCUT2D eigenvalue weighted by atomic mass is 9.83. The van der Waals surface area contributed by atoms with E-state index in [0.29, 0.717) is 32.6 Å². The molecule has 0 bridgehead atoms. The number of benzene rings is 2. The Morgan fingerprint density at radius 2 is 1.46 bits per heavy atom. The summed E-state index contributed by atoms with van der Waals surface area (Å²) >= 11 is 0. The third kappa shape index (κ3) is 4.35. The molecule has 0 radical (unpaired) electrons. The number of nitrogens with zero attached hydrogens (tertiary/aromatic N) is 2. The standard InChI is InChI=1S/C23H28N2O3/c1-23(2,19-7-5-4-6-8-19)22(27)25-15-13-24(14-16-25)21(26)17-18-9-11-20(28-3)12-10-18/h4-12H,13-17H2,1-3H3. The molecule has 28 heavy (non-hydrogen) atoms. The molecule has 0 saturated carbocycles. The molecule has 1 heterocycles. The number of carbonyl (C=O) groups is 2. The summed E-state index contributed by atoms with van der Waals surface area (Å²) in [5, 5.41) is 0. The van der Waals surface area contributed by atoms with Crippen LogP contribution in [0.4, 0.5) is 0 Å². The van der Waals surface area contributed by atoms with E-state index < -0.39 is 5.41 Å². The van der Waals surface area contributed by atoms with Gasteiger partial charge in [0.15, 0.2) is 0 Å². The maximum absolute atomic E-state index is 13.1. The van der Waals surface area contributed by atoms with Crippen molar-refractivity contribution in [3.63, 3.8) is 0 Å². The SMILES string of the molecule is COc1ccc(CC(=O)N2CCN(C(=O)C(C)(C)c3ccccc3)CC2)cc1. The van der Waals surface area contributed by atoms with Crippen LogP contribution in [0.15, 0.2) is 54.6 Å². The van der Waals surface area contributed by atoms with Crippen LogP contribution in [0, 0.1) is 0 Å². The zero-order chi connectivity index (χ0) is 20.1. The number of rotatable bonds is 5. The first-order chi connectivity index (χ1) is 13.4. The molecular formula is C23H28N2O3. The Morgan fingerprint density at radius 3 is 2.04 bits per heavy atom. The molecule has 1 aliphatic rings. The monoisotopic (exact) mass is 380 g/mol. The van der Waals surface area contributed by atoms with Gasteiger partial charge in [-0.15, -0.1) is 0 Å². The molecule has 0 N–H and O–H groups in total. The summed E-state index contributed by atoms with van der Waals surface area (Å²) in [6.45, 7) is 6.22. The summed E-state index contributed by atoms with van der Waals surface area (Å²) in [6, 6.07) is 17.4. The molecule has 1 fully saturated rings. The summed E-state index contributed by atoms with van der Waals surface area (Å²) in [5.41, 5.74) is 1.41. The molecule has 0 atom stereocenters. The van der Waals surface area contributed by atoms with E-state index in [-0.39, 0.29) is 11.8 Å². The molecular weight excluding hydrogens is 352 g/mol. The van der Waals surface area contributed by atoms with Gasteiger partial charge >= 0.3 is 0 Å². The number of piperazine rings is 1. The fourth-order valence-corrected chi connectivity index (χ4v) is 3.56. The molecule has 0 aliphatic carbocycles. The number of amides is 2. The Labute approximate surface area is 166 Å². The highest BCUT2D eigenvalue weighted by atomic mass is 16.5. The number of hydrogen-bond donors (Lipinski definition) is 0. The van der Waals surface area contributed by atoms with Gasteiger partial charge in [0.05, 0.1) is 18.9 Å². The minimum atomic E-state index is -0.573. The van der Waals surface area contributed by atoms with Crippen molar-refractivity contribution in [3.8, 4) is 5.75 Å². The largest absolute Gasteiger partial charge is 0.497 e. The lowest BCUT2D eigenvalue weighted by Crippen LogP contribution is -2.54. The van der Waals surface area contributed by atoms with E-state index in [1.165, 1.54) is 0 Å². The van der Waals surface area contributed by atoms with Gasteiger partial charge in [-0.1, -0.05) is 42.5 Å². The maximum atomic E-state index is 13.1. The van der Waals surface area contributed by atoms with Gasteiger partial charge in [0.2, 0.25) is 11.8 Å². The van der Waals surface area contributed by atoms with Gasteiger partial charge < -0.3 is 14.5 Å². The van der Waals surface area contributed by atoms with Crippen molar-refractivity contribution in [1.82, 2.24) is 9.80 Å². The Morgan fingerprint density at radius 1 is 0.893 bits per heavy atom. The van der Waals surface area contributed by atoms with Crippen LogP contribution in [-0.2, 0) is 21.4 Å². The third-order valence-electron chi connectivity index (χ3n) is 5.46. The van der Waals surface area contributed by atoms with Crippen LogP contribution in [0.3, 0.4) is 0 Å². The molecule has 148 valence electrons. The van der Waals surface area contributed by atoms with Gasteiger partial charge in [0.25, 0.3) is 0 Å². The number of hydrogen-bond acceptors (Lipinski definition) is 3. The van der Waals surface area contributed by atoms with Crippen molar-refractivity contribution in [2.24, 2.45) is 0 Å². The Hall–Kier alpha value is -2.82. The van der Waals surface area contributed by atoms with Crippen LogP contribution in [0.5, 0.6) is 5.75 Å². The molecule has 5 heteroatoms. The highest BCUT2D eigenvalue weighted by Gasteiger charge is 2.35. The second kappa shape index (κ2) is 8.46. The highest BCUT2D eigenvalue weighted by Crippen LogP contribution is 2.26. The van der Waals surface area contributed by atoms with E-state index in [2.05, 4.69) is 0 Å². The summed E-state index contributed by atoms with van der Waals surface area (Å²) in [7, 11) is 1.63. The highest BCUT2D eigenvalue weighted by molar-refractivity contribution is 5.87. The lowest BCUT2D eigenvalue weighted by molar-refractivity contribution is -0.142. The molecule has 2 aromatic carbocycles. The van der Waals surface area contributed by atoms with Gasteiger partial charge in [0, 0.05) is 26.2 Å². The molecule has 1 saturated heterocycles. The second-order valence-corrected chi connectivity index (χ2v) is 7.69. The van der Waals surface area contributed by atoms with Crippen molar-refractivity contribution in [1.29, 1.82) is 0 Å². The fraction of sp³-hybridized carbons (Fsp3) is 0.391. The third-order valence-corrected chi connectivity index (χ3v) is 5.46. The van der Waals surface area contributed by atoms with Crippen LogP contribution in [0.1, 0.15) is 25.0 Å². The first kappa shape index (κ1) is 19.9. The summed E-state index contributed by atoms with van der Waals surface area (Å²) < 4.78 is 5.15. The van der Waals surface area contributed by atoms with Crippen LogP contribution in [0.2, 0.25) is 0 Å². The number of methoxy groups -OCH3 is 1. The van der Waals surface area contributed by atoms with E-state index in [0.717, 1.165) is 16.9 Å².